The number of carboxylic acids is 1. The zero-order valence-electron chi connectivity index (χ0n) is 16.9. The number of benzene rings is 3. The summed E-state index contributed by atoms with van der Waals surface area (Å²) in [6, 6.07) is 21.8. The van der Waals surface area contributed by atoms with Crippen molar-refractivity contribution < 1.29 is 24.2 Å². The third-order valence-corrected chi connectivity index (χ3v) is 5.24. The SMILES string of the molecule is O=C(CCc1ccccc1)C[C@H](Nc1ccc(C(=O)O)cc1)c1ccc2c(c1)OCO2. The lowest BCUT2D eigenvalue weighted by Crippen LogP contribution is -2.16. The summed E-state index contributed by atoms with van der Waals surface area (Å²) in [6.07, 6.45) is 1.44. The van der Waals surface area contributed by atoms with E-state index in [2.05, 4.69) is 5.32 Å². The number of ketones is 1. The molecule has 0 radical (unpaired) electrons. The van der Waals surface area contributed by atoms with Crippen LogP contribution in [0.25, 0.3) is 0 Å². The van der Waals surface area contributed by atoms with Crippen LogP contribution in [-0.4, -0.2) is 23.7 Å². The number of Topliss-reactive ketones (excluding diaryl/α,β-unsaturated/α-hetero) is 1. The number of carbonyl (C=O) groups excluding carboxylic acids is 1. The van der Waals surface area contributed by atoms with Crippen molar-refractivity contribution in [3.05, 3.63) is 89.5 Å². The minimum absolute atomic E-state index is 0.140. The van der Waals surface area contributed by atoms with Crippen molar-refractivity contribution in [1.82, 2.24) is 0 Å². The van der Waals surface area contributed by atoms with E-state index in [9.17, 15) is 9.59 Å². The summed E-state index contributed by atoms with van der Waals surface area (Å²) < 4.78 is 10.9. The van der Waals surface area contributed by atoms with Crippen molar-refractivity contribution >= 4 is 17.4 Å². The molecule has 3 aromatic rings. The van der Waals surface area contributed by atoms with Crippen molar-refractivity contribution in [3.8, 4) is 11.5 Å². The number of fused-ring (bicyclic) bond motifs is 1. The van der Waals surface area contributed by atoms with Gasteiger partial charge in [-0.2, -0.15) is 0 Å². The molecule has 0 saturated carbocycles. The van der Waals surface area contributed by atoms with E-state index in [4.69, 9.17) is 14.6 Å². The molecule has 3 aromatic carbocycles. The standard InChI is InChI=1S/C25H23NO5/c27-21(12-6-17-4-2-1-3-5-17)15-22(19-9-13-23-24(14-19)31-16-30-23)26-20-10-7-18(8-11-20)25(28)29/h1-5,7-11,13-14,22,26H,6,12,15-16H2,(H,28,29)/t22-/m0/s1. The molecule has 0 saturated heterocycles. The smallest absolute Gasteiger partial charge is 0.335 e. The molecule has 6 heteroatoms. The summed E-state index contributed by atoms with van der Waals surface area (Å²) in [6.45, 7) is 0.184. The lowest BCUT2D eigenvalue weighted by molar-refractivity contribution is -0.119. The Bertz CT molecular complexity index is 1060. The maximum atomic E-state index is 12.8. The van der Waals surface area contributed by atoms with Gasteiger partial charge in [-0.15, -0.1) is 0 Å². The molecule has 1 aliphatic rings. The van der Waals surface area contributed by atoms with Crippen LogP contribution in [-0.2, 0) is 11.2 Å². The first-order chi connectivity index (χ1) is 15.1. The highest BCUT2D eigenvalue weighted by Gasteiger charge is 2.20. The molecule has 4 rings (SSSR count). The highest BCUT2D eigenvalue weighted by Crippen LogP contribution is 2.36. The Kier molecular flexibility index (Phi) is 6.17. The van der Waals surface area contributed by atoms with Crippen LogP contribution in [0.3, 0.4) is 0 Å². The topological polar surface area (TPSA) is 84.9 Å². The van der Waals surface area contributed by atoms with Crippen molar-refractivity contribution in [2.45, 2.75) is 25.3 Å². The summed E-state index contributed by atoms with van der Waals surface area (Å²) in [4.78, 5) is 23.9. The van der Waals surface area contributed by atoms with Crippen LogP contribution in [0.4, 0.5) is 5.69 Å². The lowest BCUT2D eigenvalue weighted by atomic mass is 9.97. The van der Waals surface area contributed by atoms with E-state index in [1.165, 1.54) is 0 Å². The van der Waals surface area contributed by atoms with E-state index in [0.29, 0.717) is 30.8 Å². The summed E-state index contributed by atoms with van der Waals surface area (Å²) in [7, 11) is 0. The van der Waals surface area contributed by atoms with E-state index in [1.807, 2.05) is 48.5 Å². The largest absolute Gasteiger partial charge is 0.478 e. The first-order valence-corrected chi connectivity index (χ1v) is 10.1. The average Bonchev–Trinajstić information content (AvgIpc) is 3.26. The molecule has 6 nitrogen and oxygen atoms in total. The van der Waals surface area contributed by atoms with Crippen molar-refractivity contribution in [1.29, 1.82) is 0 Å². The van der Waals surface area contributed by atoms with Crippen molar-refractivity contribution in [2.24, 2.45) is 0 Å². The monoisotopic (exact) mass is 417 g/mol. The summed E-state index contributed by atoms with van der Waals surface area (Å²) in [5.41, 5.74) is 2.99. The molecule has 1 aliphatic heterocycles. The van der Waals surface area contributed by atoms with Crippen molar-refractivity contribution in [3.63, 3.8) is 0 Å². The third kappa shape index (κ3) is 5.22. The molecule has 0 amide bonds. The van der Waals surface area contributed by atoms with Crippen LogP contribution in [0.2, 0.25) is 0 Å². The Balaban J connectivity index is 1.50. The second kappa shape index (κ2) is 9.34. The van der Waals surface area contributed by atoms with Crippen LogP contribution in [0.5, 0.6) is 11.5 Å². The minimum atomic E-state index is -0.977. The number of hydrogen-bond donors (Lipinski definition) is 2. The predicted molar refractivity (Wildman–Crippen MR) is 117 cm³/mol. The second-order valence-electron chi connectivity index (χ2n) is 7.42. The number of hydrogen-bond acceptors (Lipinski definition) is 5. The third-order valence-electron chi connectivity index (χ3n) is 5.24. The maximum absolute atomic E-state index is 12.8. The highest BCUT2D eigenvalue weighted by atomic mass is 16.7. The summed E-state index contributed by atoms with van der Waals surface area (Å²) in [5.74, 6) is 0.502. The highest BCUT2D eigenvalue weighted by molar-refractivity contribution is 5.88. The Morgan fingerprint density at radius 1 is 0.935 bits per heavy atom. The van der Waals surface area contributed by atoms with E-state index in [0.717, 1.165) is 16.8 Å². The van der Waals surface area contributed by atoms with Crippen LogP contribution in [0.1, 0.15) is 40.4 Å². The number of ether oxygens (including phenoxy) is 2. The molecule has 1 atom stereocenters. The molecule has 0 bridgehead atoms. The summed E-state index contributed by atoms with van der Waals surface area (Å²) >= 11 is 0. The predicted octanol–water partition coefficient (Wildman–Crippen LogP) is 4.86. The molecule has 0 fully saturated rings. The molecular weight excluding hydrogens is 394 g/mol. The Morgan fingerprint density at radius 3 is 2.42 bits per heavy atom. The van der Waals surface area contributed by atoms with Gasteiger partial charge in [-0.05, 0) is 53.9 Å². The van der Waals surface area contributed by atoms with Gasteiger partial charge in [0.25, 0.3) is 0 Å². The minimum Gasteiger partial charge on any atom is -0.478 e. The van der Waals surface area contributed by atoms with E-state index in [-0.39, 0.29) is 24.2 Å². The van der Waals surface area contributed by atoms with Gasteiger partial charge in [-0.25, -0.2) is 4.79 Å². The Labute approximate surface area is 180 Å². The maximum Gasteiger partial charge on any atom is 0.335 e. The number of carboxylic acid groups (broad SMARTS) is 1. The fourth-order valence-corrected chi connectivity index (χ4v) is 3.55. The fraction of sp³-hybridized carbons (Fsp3) is 0.200. The normalized spacial score (nSPS) is 12.9. The lowest BCUT2D eigenvalue weighted by Gasteiger charge is -2.20. The van der Waals surface area contributed by atoms with Crippen LogP contribution >= 0.6 is 0 Å². The number of aromatic carboxylic acids is 1. The van der Waals surface area contributed by atoms with Gasteiger partial charge in [0.05, 0.1) is 11.6 Å². The van der Waals surface area contributed by atoms with Crippen LogP contribution in [0.15, 0.2) is 72.8 Å². The Hall–Kier alpha value is -3.80. The quantitative estimate of drug-likeness (QED) is 0.517. The van der Waals surface area contributed by atoms with Crippen LogP contribution < -0.4 is 14.8 Å². The number of carbonyl (C=O) groups is 2. The summed E-state index contributed by atoms with van der Waals surface area (Å²) in [5, 5.41) is 12.5. The van der Waals surface area contributed by atoms with E-state index < -0.39 is 5.97 Å². The zero-order valence-corrected chi connectivity index (χ0v) is 16.9. The fourth-order valence-electron chi connectivity index (χ4n) is 3.55. The van der Waals surface area contributed by atoms with Crippen molar-refractivity contribution in [2.75, 3.05) is 12.1 Å². The molecule has 0 aliphatic carbocycles. The number of rotatable bonds is 9. The number of anilines is 1. The van der Waals surface area contributed by atoms with Gasteiger partial charge >= 0.3 is 5.97 Å². The molecule has 0 unspecified atom stereocenters. The average molecular weight is 417 g/mol. The zero-order chi connectivity index (χ0) is 21.6. The van der Waals surface area contributed by atoms with Gasteiger partial charge in [-0.1, -0.05) is 36.4 Å². The van der Waals surface area contributed by atoms with Crippen LogP contribution in [0, 0.1) is 0 Å². The van der Waals surface area contributed by atoms with E-state index >= 15 is 0 Å². The number of nitrogens with one attached hydrogen (secondary N) is 1. The molecule has 0 aromatic heterocycles. The van der Waals surface area contributed by atoms with Gasteiger partial charge in [0.1, 0.15) is 5.78 Å². The molecule has 0 spiro atoms. The van der Waals surface area contributed by atoms with Gasteiger partial charge < -0.3 is 19.9 Å². The molecule has 31 heavy (non-hydrogen) atoms. The molecule has 2 N–H and O–H groups in total. The molecule has 1 heterocycles. The first-order valence-electron chi connectivity index (χ1n) is 10.1. The van der Waals surface area contributed by atoms with Gasteiger partial charge in [0.15, 0.2) is 11.5 Å². The molecular formula is C25H23NO5. The second-order valence-corrected chi connectivity index (χ2v) is 7.42. The number of aryl methyl sites for hydroxylation is 1. The Morgan fingerprint density at radius 2 is 1.68 bits per heavy atom. The van der Waals surface area contributed by atoms with E-state index in [1.54, 1.807) is 24.3 Å². The van der Waals surface area contributed by atoms with Gasteiger partial charge in [0.2, 0.25) is 6.79 Å². The van der Waals surface area contributed by atoms with Gasteiger partial charge in [-0.3, -0.25) is 4.79 Å². The van der Waals surface area contributed by atoms with Gasteiger partial charge in [0, 0.05) is 18.5 Å². The first kappa shape index (κ1) is 20.5. The molecule has 158 valence electrons.